The fourth-order valence-corrected chi connectivity index (χ4v) is 0.461. The van der Waals surface area contributed by atoms with E-state index in [0.717, 1.165) is 0 Å². The number of rotatable bonds is 6. The van der Waals surface area contributed by atoms with Gasteiger partial charge in [0.05, 0.1) is 26.9 Å². The van der Waals surface area contributed by atoms with Crippen LogP contribution in [0.25, 0.3) is 0 Å². The van der Waals surface area contributed by atoms with Crippen LogP contribution >= 0.6 is 0 Å². The molecule has 1 unspecified atom stereocenters. The zero-order valence-electron chi connectivity index (χ0n) is 9.43. The van der Waals surface area contributed by atoms with Gasteiger partial charge >= 0.3 is 5.97 Å². The van der Waals surface area contributed by atoms with Gasteiger partial charge in [-0.05, 0) is 0 Å². The Labute approximate surface area is 89.8 Å². The number of methoxy groups -OCH3 is 2. The fraction of sp³-hybridized carbons (Fsp3) is 0.889. The molecule has 0 fully saturated rings. The molecule has 0 aliphatic carbocycles. The lowest BCUT2D eigenvalue weighted by molar-refractivity contribution is -0.140. The summed E-state index contributed by atoms with van der Waals surface area (Å²) >= 11 is 0. The van der Waals surface area contributed by atoms with Gasteiger partial charge in [-0.1, -0.05) is 6.92 Å². The highest BCUT2D eigenvalue weighted by Gasteiger charge is 1.98. The summed E-state index contributed by atoms with van der Waals surface area (Å²) in [6, 6.07) is 0. The lowest BCUT2D eigenvalue weighted by Gasteiger charge is -2.06. The normalized spacial score (nSPS) is 11.3. The van der Waals surface area contributed by atoms with Gasteiger partial charge in [-0.3, -0.25) is 4.79 Å². The van der Waals surface area contributed by atoms with Crippen LogP contribution in [-0.4, -0.2) is 56.5 Å². The molecular weight excluding hydrogens is 204 g/mol. The Bertz CT molecular complexity index is 133. The van der Waals surface area contributed by atoms with E-state index >= 15 is 0 Å². The maximum atomic E-state index is 9.96. The summed E-state index contributed by atoms with van der Waals surface area (Å²) in [5.74, 6) is -0.157. The van der Waals surface area contributed by atoms with Crippen LogP contribution in [0.1, 0.15) is 13.3 Å². The molecule has 0 spiro atoms. The molecule has 0 aromatic rings. The summed E-state index contributed by atoms with van der Waals surface area (Å²) in [4.78, 5) is 9.96. The number of aliphatic hydroxyl groups excluding tert-OH is 2. The van der Waals surface area contributed by atoms with Crippen molar-refractivity contribution in [1.29, 1.82) is 0 Å². The van der Waals surface area contributed by atoms with Crippen molar-refractivity contribution in [1.82, 2.24) is 0 Å². The van der Waals surface area contributed by atoms with Crippen molar-refractivity contribution in [3.8, 4) is 0 Å². The van der Waals surface area contributed by atoms with Gasteiger partial charge in [0.25, 0.3) is 0 Å². The minimum Gasteiger partial charge on any atom is -0.469 e. The van der Waals surface area contributed by atoms with Crippen molar-refractivity contribution in [3.05, 3.63) is 0 Å². The van der Waals surface area contributed by atoms with E-state index in [-0.39, 0.29) is 25.8 Å². The first kappa shape index (κ1) is 16.7. The highest BCUT2D eigenvalue weighted by Crippen LogP contribution is 1.83. The second-order valence-corrected chi connectivity index (χ2v) is 2.42. The first-order valence-corrected chi connectivity index (χ1v) is 4.58. The molecule has 6 nitrogen and oxygen atoms in total. The second kappa shape index (κ2) is 13.3. The molecule has 0 saturated heterocycles. The summed E-state index contributed by atoms with van der Waals surface area (Å²) in [7, 11) is 2.76. The van der Waals surface area contributed by atoms with Crippen molar-refractivity contribution in [2.45, 2.75) is 19.6 Å². The predicted octanol–water partition coefficient (Wildman–Crippen LogP) is -0.470. The molecule has 0 radical (unpaired) electrons. The van der Waals surface area contributed by atoms with E-state index in [4.69, 9.17) is 14.9 Å². The maximum Gasteiger partial charge on any atom is 0.305 e. The van der Waals surface area contributed by atoms with Crippen LogP contribution in [0.5, 0.6) is 0 Å². The standard InChI is InChI=1S/C5H12O4.C4H8O2/c1-8-5(7)4-9-3-2-6;1-3-4(5)6-2/h5-7H,2-4H2,1H3;3H2,1-2H3. The number of hydrogen-bond donors (Lipinski definition) is 2. The highest BCUT2D eigenvalue weighted by molar-refractivity contribution is 5.68. The highest BCUT2D eigenvalue weighted by atomic mass is 16.6. The van der Waals surface area contributed by atoms with Gasteiger partial charge in [-0.15, -0.1) is 0 Å². The topological polar surface area (TPSA) is 85.2 Å². The molecule has 1 atom stereocenters. The summed E-state index contributed by atoms with van der Waals surface area (Å²) < 4.78 is 13.4. The zero-order valence-corrected chi connectivity index (χ0v) is 9.43. The van der Waals surface area contributed by atoms with E-state index in [1.165, 1.54) is 14.2 Å². The average molecular weight is 224 g/mol. The molecule has 0 rings (SSSR count). The van der Waals surface area contributed by atoms with E-state index in [1.54, 1.807) is 6.92 Å². The maximum absolute atomic E-state index is 9.96. The lowest BCUT2D eigenvalue weighted by atomic mass is 10.5. The molecule has 0 aliphatic rings. The molecule has 92 valence electrons. The van der Waals surface area contributed by atoms with Crippen molar-refractivity contribution in [2.24, 2.45) is 0 Å². The first-order chi connectivity index (χ1) is 7.12. The van der Waals surface area contributed by atoms with Crippen LogP contribution in [0.3, 0.4) is 0 Å². The molecule has 0 saturated carbocycles. The lowest BCUT2D eigenvalue weighted by Crippen LogP contribution is -2.18. The molecule has 0 aliphatic heterocycles. The van der Waals surface area contributed by atoms with Gasteiger partial charge in [-0.2, -0.15) is 0 Å². The second-order valence-electron chi connectivity index (χ2n) is 2.42. The minimum atomic E-state index is -0.878. The molecule has 0 amide bonds. The molecule has 2 N–H and O–H groups in total. The quantitative estimate of drug-likeness (QED) is 0.360. The molecular formula is C9H20O6. The van der Waals surface area contributed by atoms with Crippen LogP contribution in [0.4, 0.5) is 0 Å². The van der Waals surface area contributed by atoms with E-state index in [2.05, 4.69) is 9.47 Å². The van der Waals surface area contributed by atoms with E-state index in [0.29, 0.717) is 6.42 Å². The van der Waals surface area contributed by atoms with Crippen molar-refractivity contribution in [3.63, 3.8) is 0 Å². The van der Waals surface area contributed by atoms with Crippen LogP contribution in [0.2, 0.25) is 0 Å². The molecule has 0 aromatic carbocycles. The van der Waals surface area contributed by atoms with Gasteiger partial charge in [-0.25, -0.2) is 0 Å². The number of carbonyl (C=O) groups excluding carboxylic acids is 1. The molecule has 15 heavy (non-hydrogen) atoms. The Balaban J connectivity index is 0. The number of hydrogen-bond acceptors (Lipinski definition) is 6. The molecule has 0 aromatic heterocycles. The average Bonchev–Trinajstić information content (AvgIpc) is 2.28. The number of carbonyl (C=O) groups is 1. The van der Waals surface area contributed by atoms with Crippen molar-refractivity contribution < 1.29 is 29.2 Å². The van der Waals surface area contributed by atoms with Crippen molar-refractivity contribution in [2.75, 3.05) is 34.0 Å². The Hall–Kier alpha value is -0.690. The van der Waals surface area contributed by atoms with E-state index < -0.39 is 6.29 Å². The zero-order chi connectivity index (χ0) is 12.1. The minimum absolute atomic E-state index is 0.0313. The Kier molecular flexibility index (Phi) is 14.8. The summed E-state index contributed by atoms with van der Waals surface area (Å²) in [5, 5.41) is 16.9. The Morgan fingerprint density at radius 3 is 2.27 bits per heavy atom. The van der Waals surface area contributed by atoms with Crippen LogP contribution in [0.15, 0.2) is 0 Å². The summed E-state index contributed by atoms with van der Waals surface area (Å²) in [6.45, 7) is 2.07. The van der Waals surface area contributed by atoms with Crippen LogP contribution < -0.4 is 0 Å². The van der Waals surface area contributed by atoms with Gasteiger partial charge in [0, 0.05) is 13.5 Å². The number of aliphatic hydroxyl groups is 2. The van der Waals surface area contributed by atoms with E-state index in [9.17, 15) is 4.79 Å². The van der Waals surface area contributed by atoms with Crippen LogP contribution in [0, 0.1) is 0 Å². The first-order valence-electron chi connectivity index (χ1n) is 4.58. The smallest absolute Gasteiger partial charge is 0.305 e. The van der Waals surface area contributed by atoms with Crippen LogP contribution in [-0.2, 0) is 19.0 Å². The Morgan fingerprint density at radius 2 is 2.00 bits per heavy atom. The molecule has 6 heteroatoms. The van der Waals surface area contributed by atoms with Gasteiger partial charge < -0.3 is 24.4 Å². The third-order valence-electron chi connectivity index (χ3n) is 1.28. The summed E-state index contributed by atoms with van der Waals surface area (Å²) in [6.07, 6.45) is -0.409. The predicted molar refractivity (Wildman–Crippen MR) is 53.2 cm³/mol. The summed E-state index contributed by atoms with van der Waals surface area (Å²) in [5.41, 5.74) is 0. The van der Waals surface area contributed by atoms with Gasteiger partial charge in [0.1, 0.15) is 0 Å². The monoisotopic (exact) mass is 224 g/mol. The third-order valence-corrected chi connectivity index (χ3v) is 1.28. The van der Waals surface area contributed by atoms with Crippen molar-refractivity contribution >= 4 is 5.97 Å². The SMILES string of the molecule is CCC(=O)OC.COC(O)COCCO. The fourth-order valence-electron chi connectivity index (χ4n) is 0.461. The van der Waals surface area contributed by atoms with Gasteiger partial charge in [0.2, 0.25) is 0 Å². The van der Waals surface area contributed by atoms with Gasteiger partial charge in [0.15, 0.2) is 6.29 Å². The number of esters is 1. The largest absolute Gasteiger partial charge is 0.469 e. The Morgan fingerprint density at radius 1 is 1.40 bits per heavy atom. The molecule has 0 heterocycles. The molecule has 0 bridgehead atoms. The van der Waals surface area contributed by atoms with E-state index in [1.807, 2.05) is 0 Å². The third kappa shape index (κ3) is 16.0. The number of ether oxygens (including phenoxy) is 3.